The van der Waals surface area contributed by atoms with Gasteiger partial charge in [-0.15, -0.1) is 11.3 Å². The fraction of sp³-hybridized carbons (Fsp3) is 0.714. The minimum absolute atomic E-state index is 0.000283. The predicted molar refractivity (Wildman–Crippen MR) is 76.3 cm³/mol. The third-order valence-corrected chi connectivity index (χ3v) is 4.59. The molecule has 0 bridgehead atoms. The molecule has 1 N–H and O–H groups in total. The molecule has 1 aliphatic heterocycles. The highest BCUT2D eigenvalue weighted by Crippen LogP contribution is 2.25. The van der Waals surface area contributed by atoms with Crippen molar-refractivity contribution in [3.05, 3.63) is 15.6 Å². The Bertz CT molecular complexity index is 450. The second kappa shape index (κ2) is 6.01. The van der Waals surface area contributed by atoms with E-state index >= 15 is 0 Å². The van der Waals surface area contributed by atoms with E-state index in [1.807, 2.05) is 13.8 Å². The quantitative estimate of drug-likeness (QED) is 0.923. The molecule has 5 heteroatoms. The molecule has 1 aliphatic rings. The summed E-state index contributed by atoms with van der Waals surface area (Å²) < 4.78 is 5.65. The third-order valence-electron chi connectivity index (χ3n) is 3.58. The molecule has 0 saturated carbocycles. The number of carbonyl (C=O) groups is 1. The highest BCUT2D eigenvalue weighted by Gasteiger charge is 2.35. The van der Waals surface area contributed by atoms with Gasteiger partial charge >= 0.3 is 0 Å². The van der Waals surface area contributed by atoms with Crippen LogP contribution in [0, 0.1) is 6.92 Å². The second-order valence-corrected chi connectivity index (χ2v) is 6.46. The zero-order chi connectivity index (χ0) is 13.9. The smallest absolute Gasteiger partial charge is 0.252 e. The molecule has 1 fully saturated rings. The first-order valence-electron chi connectivity index (χ1n) is 6.92. The Kier molecular flexibility index (Phi) is 4.58. The van der Waals surface area contributed by atoms with E-state index in [1.54, 1.807) is 11.3 Å². The summed E-state index contributed by atoms with van der Waals surface area (Å²) in [6.07, 6.45) is 3.82. The lowest BCUT2D eigenvalue weighted by molar-refractivity contribution is -0.150. The summed E-state index contributed by atoms with van der Waals surface area (Å²) in [5, 5.41) is 4.06. The molecule has 0 spiro atoms. The first kappa shape index (κ1) is 14.5. The summed E-state index contributed by atoms with van der Waals surface area (Å²) in [5.41, 5.74) is 0.446. The van der Waals surface area contributed by atoms with E-state index in [0.717, 1.165) is 41.3 Å². The second-order valence-electron chi connectivity index (χ2n) is 5.18. The van der Waals surface area contributed by atoms with Crippen molar-refractivity contribution in [1.82, 2.24) is 10.3 Å². The van der Waals surface area contributed by atoms with Crippen molar-refractivity contribution in [2.75, 3.05) is 6.61 Å². The van der Waals surface area contributed by atoms with Crippen LogP contribution in [0.3, 0.4) is 0 Å². The van der Waals surface area contributed by atoms with Crippen LogP contribution in [0.25, 0.3) is 0 Å². The molecule has 19 heavy (non-hydrogen) atoms. The Morgan fingerprint density at radius 2 is 2.32 bits per heavy atom. The number of hydrogen-bond acceptors (Lipinski definition) is 4. The SMILES string of the molecule is CCc1nc(C)sc1CNC(=O)C1(C)CCCCO1. The van der Waals surface area contributed by atoms with Crippen molar-refractivity contribution in [3.63, 3.8) is 0 Å². The topological polar surface area (TPSA) is 51.2 Å². The molecule has 1 saturated heterocycles. The fourth-order valence-corrected chi connectivity index (χ4v) is 3.35. The number of carbonyl (C=O) groups excluding carboxylic acids is 1. The molecule has 1 aromatic heterocycles. The minimum Gasteiger partial charge on any atom is -0.365 e. The van der Waals surface area contributed by atoms with E-state index in [-0.39, 0.29) is 5.91 Å². The summed E-state index contributed by atoms with van der Waals surface area (Å²) in [7, 11) is 0. The van der Waals surface area contributed by atoms with E-state index < -0.39 is 5.60 Å². The van der Waals surface area contributed by atoms with Crippen molar-refractivity contribution < 1.29 is 9.53 Å². The molecule has 4 nitrogen and oxygen atoms in total. The maximum absolute atomic E-state index is 12.2. The molecule has 2 rings (SSSR count). The molecule has 1 aromatic rings. The van der Waals surface area contributed by atoms with E-state index in [1.165, 1.54) is 0 Å². The zero-order valence-corrected chi connectivity index (χ0v) is 12.7. The molecule has 0 radical (unpaired) electrons. The summed E-state index contributed by atoms with van der Waals surface area (Å²) in [5.74, 6) is 0.000283. The van der Waals surface area contributed by atoms with Crippen LogP contribution in [0.15, 0.2) is 0 Å². The summed E-state index contributed by atoms with van der Waals surface area (Å²) in [4.78, 5) is 17.9. The van der Waals surface area contributed by atoms with E-state index in [0.29, 0.717) is 13.2 Å². The summed E-state index contributed by atoms with van der Waals surface area (Å²) >= 11 is 1.66. The maximum Gasteiger partial charge on any atom is 0.252 e. The molecular weight excluding hydrogens is 260 g/mol. The standard InChI is InChI=1S/C14H22N2O2S/c1-4-11-12(19-10(2)16-11)9-15-13(17)14(3)7-5-6-8-18-14/h4-9H2,1-3H3,(H,15,17). The molecule has 1 unspecified atom stereocenters. The van der Waals surface area contributed by atoms with Crippen molar-refractivity contribution >= 4 is 17.2 Å². The monoisotopic (exact) mass is 282 g/mol. The van der Waals surface area contributed by atoms with Crippen LogP contribution in [0.2, 0.25) is 0 Å². The van der Waals surface area contributed by atoms with E-state index in [4.69, 9.17) is 4.74 Å². The first-order chi connectivity index (χ1) is 9.05. The van der Waals surface area contributed by atoms with Crippen LogP contribution in [0.1, 0.15) is 48.7 Å². The van der Waals surface area contributed by atoms with Crippen molar-refractivity contribution in [3.8, 4) is 0 Å². The molecule has 1 atom stereocenters. The highest BCUT2D eigenvalue weighted by molar-refractivity contribution is 7.11. The van der Waals surface area contributed by atoms with Crippen LogP contribution in [-0.4, -0.2) is 23.1 Å². The number of nitrogens with zero attached hydrogens (tertiary/aromatic N) is 1. The van der Waals surface area contributed by atoms with Crippen molar-refractivity contribution in [1.29, 1.82) is 0 Å². The fourth-order valence-electron chi connectivity index (χ4n) is 2.39. The lowest BCUT2D eigenvalue weighted by atomic mass is 9.95. The van der Waals surface area contributed by atoms with Gasteiger partial charge in [0.05, 0.1) is 17.2 Å². The molecular formula is C14H22N2O2S. The van der Waals surface area contributed by atoms with Gasteiger partial charge in [0.15, 0.2) is 0 Å². The van der Waals surface area contributed by atoms with E-state index in [9.17, 15) is 4.79 Å². The average Bonchev–Trinajstić information content (AvgIpc) is 2.77. The van der Waals surface area contributed by atoms with Gasteiger partial charge in [-0.05, 0) is 39.5 Å². The zero-order valence-electron chi connectivity index (χ0n) is 11.9. The molecule has 2 heterocycles. The van der Waals surface area contributed by atoms with Crippen LogP contribution in [0.4, 0.5) is 0 Å². The van der Waals surface area contributed by atoms with Gasteiger partial charge < -0.3 is 10.1 Å². The number of ether oxygens (including phenoxy) is 1. The van der Waals surface area contributed by atoms with Gasteiger partial charge in [0.1, 0.15) is 5.60 Å². The van der Waals surface area contributed by atoms with Crippen molar-refractivity contribution in [2.24, 2.45) is 0 Å². The largest absolute Gasteiger partial charge is 0.365 e. The summed E-state index contributed by atoms with van der Waals surface area (Å²) in [6, 6.07) is 0. The van der Waals surface area contributed by atoms with Crippen LogP contribution < -0.4 is 5.32 Å². The van der Waals surface area contributed by atoms with Gasteiger partial charge in [0, 0.05) is 11.5 Å². The average molecular weight is 282 g/mol. The lowest BCUT2D eigenvalue weighted by Crippen LogP contribution is -2.48. The minimum atomic E-state index is -0.648. The van der Waals surface area contributed by atoms with Gasteiger partial charge in [-0.2, -0.15) is 0 Å². The maximum atomic E-state index is 12.2. The number of aromatic nitrogens is 1. The van der Waals surface area contributed by atoms with Gasteiger partial charge in [-0.25, -0.2) is 4.98 Å². The Morgan fingerprint density at radius 1 is 1.53 bits per heavy atom. The van der Waals surface area contributed by atoms with Crippen LogP contribution in [-0.2, 0) is 22.5 Å². The number of rotatable bonds is 4. The number of thiazole rings is 1. The predicted octanol–water partition coefficient (Wildman–Crippen LogP) is 2.59. The molecule has 1 amide bonds. The Morgan fingerprint density at radius 3 is 2.95 bits per heavy atom. The summed E-state index contributed by atoms with van der Waals surface area (Å²) in [6.45, 7) is 7.22. The number of amides is 1. The van der Waals surface area contributed by atoms with Crippen LogP contribution >= 0.6 is 11.3 Å². The lowest BCUT2D eigenvalue weighted by Gasteiger charge is -2.32. The van der Waals surface area contributed by atoms with Gasteiger partial charge in [0.25, 0.3) is 5.91 Å². The van der Waals surface area contributed by atoms with Crippen molar-refractivity contribution in [2.45, 2.75) is 58.6 Å². The number of nitrogens with one attached hydrogen (secondary N) is 1. The Balaban J connectivity index is 1.96. The molecule has 0 aromatic carbocycles. The van der Waals surface area contributed by atoms with E-state index in [2.05, 4.69) is 17.2 Å². The Labute approximate surface area is 118 Å². The highest BCUT2D eigenvalue weighted by atomic mass is 32.1. The first-order valence-corrected chi connectivity index (χ1v) is 7.74. The third kappa shape index (κ3) is 3.34. The molecule has 0 aliphatic carbocycles. The number of aryl methyl sites for hydroxylation is 2. The van der Waals surface area contributed by atoms with Gasteiger partial charge in [0.2, 0.25) is 0 Å². The van der Waals surface area contributed by atoms with Crippen LogP contribution in [0.5, 0.6) is 0 Å². The Hall–Kier alpha value is -0.940. The molecule has 106 valence electrons. The normalized spacial score (nSPS) is 23.3. The number of hydrogen-bond donors (Lipinski definition) is 1. The van der Waals surface area contributed by atoms with Gasteiger partial charge in [-0.3, -0.25) is 4.79 Å². The van der Waals surface area contributed by atoms with Gasteiger partial charge in [-0.1, -0.05) is 6.92 Å².